The van der Waals surface area contributed by atoms with E-state index in [9.17, 15) is 13.2 Å². The molecule has 0 aliphatic heterocycles. The fraction of sp³-hybridized carbons (Fsp3) is 0.316. The lowest BCUT2D eigenvalue weighted by molar-refractivity contribution is -0.117. The molecule has 0 spiro atoms. The average Bonchev–Trinajstić information content (AvgIpc) is 2.63. The van der Waals surface area contributed by atoms with Gasteiger partial charge in [0.1, 0.15) is 0 Å². The van der Waals surface area contributed by atoms with Crippen LogP contribution in [0.15, 0.2) is 41.3 Å². The van der Waals surface area contributed by atoms with Crippen LogP contribution < -0.4 is 19.5 Å². The molecule has 2 aromatic rings. The number of nitrogens with one attached hydrogen (secondary N) is 2. The second kappa shape index (κ2) is 8.41. The first kappa shape index (κ1) is 20.7. The molecule has 0 fully saturated rings. The molecule has 0 unspecified atom stereocenters. The number of aryl methyl sites for hydroxylation is 2. The minimum atomic E-state index is -3.92. The fourth-order valence-electron chi connectivity index (χ4n) is 2.41. The van der Waals surface area contributed by atoms with Gasteiger partial charge in [0.05, 0.1) is 25.2 Å². The van der Waals surface area contributed by atoms with Gasteiger partial charge < -0.3 is 14.8 Å². The number of hydrogen-bond acceptors (Lipinski definition) is 5. The summed E-state index contributed by atoms with van der Waals surface area (Å²) in [6.45, 7) is 5.39. The Bertz CT molecular complexity index is 941. The molecular formula is C19H24N2O5S. The zero-order chi connectivity index (χ0) is 20.2. The van der Waals surface area contributed by atoms with E-state index in [1.165, 1.54) is 39.3 Å². The summed E-state index contributed by atoms with van der Waals surface area (Å²) in [7, 11) is -1.04. The minimum Gasteiger partial charge on any atom is -0.493 e. The van der Waals surface area contributed by atoms with Gasteiger partial charge in [-0.3, -0.25) is 4.79 Å². The van der Waals surface area contributed by atoms with E-state index in [0.717, 1.165) is 11.1 Å². The number of methoxy groups -OCH3 is 2. The van der Waals surface area contributed by atoms with Gasteiger partial charge in [0.15, 0.2) is 11.5 Å². The molecule has 0 saturated heterocycles. The van der Waals surface area contributed by atoms with Crippen molar-refractivity contribution in [3.63, 3.8) is 0 Å². The Labute approximate surface area is 159 Å². The van der Waals surface area contributed by atoms with Crippen molar-refractivity contribution in [1.82, 2.24) is 4.72 Å². The van der Waals surface area contributed by atoms with Crippen LogP contribution in [0.3, 0.4) is 0 Å². The Morgan fingerprint density at radius 1 is 0.963 bits per heavy atom. The van der Waals surface area contributed by atoms with Crippen LogP contribution in [0.1, 0.15) is 18.1 Å². The van der Waals surface area contributed by atoms with Gasteiger partial charge >= 0.3 is 0 Å². The first-order valence-electron chi connectivity index (χ1n) is 8.30. The van der Waals surface area contributed by atoms with Crippen LogP contribution in [-0.4, -0.2) is 34.6 Å². The molecule has 0 saturated carbocycles. The molecule has 1 amide bonds. The van der Waals surface area contributed by atoms with Gasteiger partial charge in [0.25, 0.3) is 0 Å². The van der Waals surface area contributed by atoms with Crippen LogP contribution in [0, 0.1) is 13.8 Å². The van der Waals surface area contributed by atoms with E-state index in [0.29, 0.717) is 11.4 Å². The summed E-state index contributed by atoms with van der Waals surface area (Å²) in [5, 5.41) is 2.71. The van der Waals surface area contributed by atoms with Gasteiger partial charge in [-0.2, -0.15) is 4.72 Å². The maximum Gasteiger partial charge on any atom is 0.242 e. The molecule has 1 atom stereocenters. The second-order valence-corrected chi connectivity index (χ2v) is 7.86. The first-order valence-corrected chi connectivity index (χ1v) is 9.78. The largest absolute Gasteiger partial charge is 0.493 e. The first-order chi connectivity index (χ1) is 12.7. The standard InChI is InChI=1S/C19H24N2O5S/c1-12-6-7-15(10-13(12)2)20-19(22)14(3)21-27(23,24)16-8-9-17(25-4)18(11-16)26-5/h6-11,14,21H,1-5H3,(H,20,22)/t14-/m1/s1. The van der Waals surface area contributed by atoms with Crippen molar-refractivity contribution in [3.8, 4) is 11.5 Å². The number of amides is 1. The number of anilines is 1. The van der Waals surface area contributed by atoms with Crippen LogP contribution in [0.2, 0.25) is 0 Å². The molecule has 146 valence electrons. The van der Waals surface area contributed by atoms with Gasteiger partial charge in [-0.1, -0.05) is 6.07 Å². The Morgan fingerprint density at radius 2 is 1.63 bits per heavy atom. The molecule has 2 rings (SSSR count). The van der Waals surface area contributed by atoms with E-state index in [1.807, 2.05) is 26.0 Å². The normalized spacial score (nSPS) is 12.3. The molecule has 2 N–H and O–H groups in total. The third-order valence-corrected chi connectivity index (χ3v) is 5.70. The Balaban J connectivity index is 2.14. The molecule has 0 radical (unpaired) electrons. The van der Waals surface area contributed by atoms with Crippen molar-refractivity contribution in [1.29, 1.82) is 0 Å². The Kier molecular flexibility index (Phi) is 6.45. The number of ether oxygens (including phenoxy) is 2. The van der Waals surface area contributed by atoms with Crippen LogP contribution in [0.5, 0.6) is 11.5 Å². The van der Waals surface area contributed by atoms with Crippen LogP contribution in [0.4, 0.5) is 5.69 Å². The monoisotopic (exact) mass is 392 g/mol. The average molecular weight is 392 g/mol. The van der Waals surface area contributed by atoms with E-state index < -0.39 is 22.0 Å². The van der Waals surface area contributed by atoms with Gasteiger partial charge in [-0.25, -0.2) is 8.42 Å². The lowest BCUT2D eigenvalue weighted by Crippen LogP contribution is -2.41. The van der Waals surface area contributed by atoms with Gasteiger partial charge in [-0.15, -0.1) is 0 Å². The summed E-state index contributed by atoms with van der Waals surface area (Å²) >= 11 is 0. The van der Waals surface area contributed by atoms with Crippen molar-refractivity contribution < 1.29 is 22.7 Å². The molecule has 8 heteroatoms. The predicted octanol–water partition coefficient (Wildman–Crippen LogP) is 2.63. The molecule has 0 aliphatic rings. The number of carbonyl (C=O) groups excluding carboxylic acids is 1. The summed E-state index contributed by atoms with van der Waals surface area (Å²) in [5.74, 6) is 0.242. The summed E-state index contributed by atoms with van der Waals surface area (Å²) < 4.78 is 37.8. The van der Waals surface area contributed by atoms with Crippen molar-refractivity contribution in [2.75, 3.05) is 19.5 Å². The molecule has 2 aromatic carbocycles. The maximum atomic E-state index is 12.6. The van der Waals surface area contributed by atoms with E-state index in [-0.39, 0.29) is 10.6 Å². The zero-order valence-corrected chi connectivity index (χ0v) is 16.8. The zero-order valence-electron chi connectivity index (χ0n) is 16.0. The smallest absolute Gasteiger partial charge is 0.242 e. The number of carbonyl (C=O) groups is 1. The van der Waals surface area contributed by atoms with Crippen molar-refractivity contribution in [3.05, 3.63) is 47.5 Å². The van der Waals surface area contributed by atoms with Gasteiger partial charge in [-0.05, 0) is 56.2 Å². The minimum absolute atomic E-state index is 0.0222. The second-order valence-electron chi connectivity index (χ2n) is 6.15. The van der Waals surface area contributed by atoms with Crippen molar-refractivity contribution in [2.24, 2.45) is 0 Å². The number of benzene rings is 2. The molecule has 7 nitrogen and oxygen atoms in total. The lowest BCUT2D eigenvalue weighted by Gasteiger charge is -2.16. The molecule has 27 heavy (non-hydrogen) atoms. The summed E-state index contributed by atoms with van der Waals surface area (Å²) in [6.07, 6.45) is 0. The fourth-order valence-corrected chi connectivity index (χ4v) is 3.63. The van der Waals surface area contributed by atoms with Crippen LogP contribution in [0.25, 0.3) is 0 Å². The summed E-state index contributed by atoms with van der Waals surface area (Å²) in [6, 6.07) is 8.76. The summed E-state index contributed by atoms with van der Waals surface area (Å²) in [5.41, 5.74) is 2.75. The van der Waals surface area contributed by atoms with Gasteiger partial charge in [0.2, 0.25) is 15.9 Å². The highest BCUT2D eigenvalue weighted by atomic mass is 32.2. The van der Waals surface area contributed by atoms with Crippen molar-refractivity contribution in [2.45, 2.75) is 31.7 Å². The third kappa shape index (κ3) is 4.99. The van der Waals surface area contributed by atoms with E-state index in [4.69, 9.17) is 9.47 Å². The van der Waals surface area contributed by atoms with E-state index >= 15 is 0 Å². The highest BCUT2D eigenvalue weighted by Crippen LogP contribution is 2.29. The maximum absolute atomic E-state index is 12.6. The molecular weight excluding hydrogens is 368 g/mol. The topological polar surface area (TPSA) is 93.7 Å². The highest BCUT2D eigenvalue weighted by Gasteiger charge is 2.23. The van der Waals surface area contributed by atoms with Gasteiger partial charge in [0, 0.05) is 11.8 Å². The molecule has 0 aromatic heterocycles. The summed E-state index contributed by atoms with van der Waals surface area (Å²) in [4.78, 5) is 12.3. The van der Waals surface area contributed by atoms with E-state index in [2.05, 4.69) is 10.0 Å². The van der Waals surface area contributed by atoms with E-state index in [1.54, 1.807) is 6.07 Å². The lowest BCUT2D eigenvalue weighted by atomic mass is 10.1. The van der Waals surface area contributed by atoms with Crippen molar-refractivity contribution >= 4 is 21.6 Å². The predicted molar refractivity (Wildman–Crippen MR) is 104 cm³/mol. The number of hydrogen-bond donors (Lipinski definition) is 2. The number of rotatable bonds is 7. The molecule has 0 aliphatic carbocycles. The van der Waals surface area contributed by atoms with Crippen LogP contribution in [-0.2, 0) is 14.8 Å². The quantitative estimate of drug-likeness (QED) is 0.755. The highest BCUT2D eigenvalue weighted by molar-refractivity contribution is 7.89. The van der Waals surface area contributed by atoms with Crippen LogP contribution >= 0.6 is 0 Å². The number of sulfonamides is 1. The Hall–Kier alpha value is -2.58. The third-order valence-electron chi connectivity index (χ3n) is 4.16. The Morgan fingerprint density at radius 3 is 2.22 bits per heavy atom. The molecule has 0 heterocycles. The SMILES string of the molecule is COc1ccc(S(=O)(=O)N[C@H](C)C(=O)Nc2ccc(C)c(C)c2)cc1OC. The molecule has 0 bridgehead atoms.